The number of nitrogens with two attached hydrogens (primary N) is 1. The molecule has 0 saturated carbocycles. The molecule has 6 heteroatoms. The molecule has 1 aromatic heterocycles. The second kappa shape index (κ2) is 5.16. The number of hydrogen-bond donors (Lipinski definition) is 2. The van der Waals surface area contributed by atoms with Gasteiger partial charge in [0.1, 0.15) is 11.8 Å². The zero-order chi connectivity index (χ0) is 13.1. The van der Waals surface area contributed by atoms with E-state index in [2.05, 4.69) is 10.1 Å². The number of aromatic nitrogens is 2. The number of methoxy groups -OCH3 is 1. The summed E-state index contributed by atoms with van der Waals surface area (Å²) < 4.78 is 10.1. The molecule has 0 aliphatic rings. The fraction of sp³-hybridized carbons (Fsp3) is 0.333. The molecule has 2 atom stereocenters. The van der Waals surface area contributed by atoms with Crippen LogP contribution in [0.3, 0.4) is 0 Å². The molecule has 0 fully saturated rings. The van der Waals surface area contributed by atoms with E-state index in [1.54, 1.807) is 26.2 Å². The number of aliphatic hydroxyl groups is 1. The minimum absolute atomic E-state index is 0.218. The van der Waals surface area contributed by atoms with Gasteiger partial charge < -0.3 is 20.1 Å². The summed E-state index contributed by atoms with van der Waals surface area (Å²) in [4.78, 5) is 4.15. The van der Waals surface area contributed by atoms with Crippen LogP contribution in [0, 0.1) is 0 Å². The molecule has 0 saturated heterocycles. The third-order valence-electron chi connectivity index (χ3n) is 2.59. The van der Waals surface area contributed by atoms with Crippen LogP contribution in [0.2, 0.25) is 0 Å². The topological polar surface area (TPSA) is 94.4 Å². The molecule has 1 heterocycles. The lowest BCUT2D eigenvalue weighted by Gasteiger charge is -2.08. The van der Waals surface area contributed by atoms with Crippen LogP contribution in [0.4, 0.5) is 0 Å². The zero-order valence-corrected chi connectivity index (χ0v) is 10.2. The van der Waals surface area contributed by atoms with E-state index in [-0.39, 0.29) is 5.89 Å². The van der Waals surface area contributed by atoms with E-state index in [4.69, 9.17) is 15.0 Å². The molecule has 2 unspecified atom stereocenters. The second-order valence-corrected chi connectivity index (χ2v) is 3.95. The van der Waals surface area contributed by atoms with Crippen molar-refractivity contribution in [3.8, 4) is 17.1 Å². The summed E-state index contributed by atoms with van der Waals surface area (Å²) in [5.74, 6) is 1.41. The quantitative estimate of drug-likeness (QED) is 0.843. The van der Waals surface area contributed by atoms with E-state index in [1.165, 1.54) is 0 Å². The predicted octanol–water partition coefficient (Wildman–Crippen LogP) is 1.13. The average Bonchev–Trinajstić information content (AvgIpc) is 2.87. The van der Waals surface area contributed by atoms with Gasteiger partial charge in [-0.15, -0.1) is 0 Å². The highest BCUT2D eigenvalue weighted by atomic mass is 16.5. The van der Waals surface area contributed by atoms with Gasteiger partial charge in [0, 0.05) is 5.56 Å². The van der Waals surface area contributed by atoms with Gasteiger partial charge in [0.2, 0.25) is 11.7 Å². The monoisotopic (exact) mass is 249 g/mol. The van der Waals surface area contributed by atoms with Gasteiger partial charge in [-0.05, 0) is 31.2 Å². The number of ether oxygens (including phenoxy) is 1. The Morgan fingerprint density at radius 3 is 2.56 bits per heavy atom. The molecule has 96 valence electrons. The Bertz CT molecular complexity index is 508. The largest absolute Gasteiger partial charge is 0.497 e. The molecule has 18 heavy (non-hydrogen) atoms. The third-order valence-corrected chi connectivity index (χ3v) is 2.59. The number of rotatable bonds is 4. The number of hydrogen-bond acceptors (Lipinski definition) is 6. The summed E-state index contributed by atoms with van der Waals surface area (Å²) in [5.41, 5.74) is 6.50. The molecule has 0 radical (unpaired) electrons. The van der Waals surface area contributed by atoms with Crippen LogP contribution in [0.5, 0.6) is 5.75 Å². The third kappa shape index (κ3) is 2.49. The van der Waals surface area contributed by atoms with Gasteiger partial charge in [-0.3, -0.25) is 0 Å². The van der Waals surface area contributed by atoms with Crippen LogP contribution in [0.15, 0.2) is 28.8 Å². The first-order chi connectivity index (χ1) is 8.61. The Morgan fingerprint density at radius 1 is 1.33 bits per heavy atom. The predicted molar refractivity (Wildman–Crippen MR) is 64.9 cm³/mol. The van der Waals surface area contributed by atoms with Crippen molar-refractivity contribution in [3.05, 3.63) is 30.2 Å². The van der Waals surface area contributed by atoms with Crippen LogP contribution in [0.25, 0.3) is 11.4 Å². The maximum Gasteiger partial charge on any atom is 0.246 e. The van der Waals surface area contributed by atoms with Crippen molar-refractivity contribution in [2.75, 3.05) is 7.11 Å². The van der Waals surface area contributed by atoms with Crippen molar-refractivity contribution in [1.82, 2.24) is 10.1 Å². The first-order valence-corrected chi connectivity index (χ1v) is 5.53. The molecular weight excluding hydrogens is 234 g/mol. The molecule has 0 aliphatic carbocycles. The van der Waals surface area contributed by atoms with Crippen molar-refractivity contribution >= 4 is 0 Å². The molecule has 0 amide bonds. The van der Waals surface area contributed by atoms with Gasteiger partial charge in [-0.1, -0.05) is 5.16 Å². The van der Waals surface area contributed by atoms with Crippen molar-refractivity contribution in [1.29, 1.82) is 0 Å². The van der Waals surface area contributed by atoms with E-state index in [1.807, 2.05) is 12.1 Å². The van der Waals surface area contributed by atoms with E-state index in [9.17, 15) is 5.11 Å². The average molecular weight is 249 g/mol. The second-order valence-electron chi connectivity index (χ2n) is 3.95. The van der Waals surface area contributed by atoms with Crippen molar-refractivity contribution in [2.24, 2.45) is 5.73 Å². The molecule has 3 N–H and O–H groups in total. The van der Waals surface area contributed by atoms with Crippen LogP contribution >= 0.6 is 0 Å². The minimum atomic E-state index is -0.742. The van der Waals surface area contributed by atoms with Gasteiger partial charge in [-0.2, -0.15) is 4.98 Å². The van der Waals surface area contributed by atoms with Gasteiger partial charge in [0.15, 0.2) is 0 Å². The lowest BCUT2D eigenvalue weighted by atomic mass is 10.2. The van der Waals surface area contributed by atoms with Crippen LogP contribution < -0.4 is 10.5 Å². The van der Waals surface area contributed by atoms with E-state index in [0.29, 0.717) is 5.82 Å². The maximum absolute atomic E-state index is 9.35. The molecule has 2 aromatic rings. The molecule has 6 nitrogen and oxygen atoms in total. The Labute approximate surface area is 104 Å². The number of benzene rings is 1. The standard InChI is InChI=1S/C12H15N3O3/c1-7(16)10(13)12-14-11(15-18-12)8-3-5-9(17-2)6-4-8/h3-7,10,16H,13H2,1-2H3. The van der Waals surface area contributed by atoms with Crippen LogP contribution in [0.1, 0.15) is 18.9 Å². The molecule has 0 spiro atoms. The number of nitrogens with zero attached hydrogens (tertiary/aromatic N) is 2. The zero-order valence-electron chi connectivity index (χ0n) is 10.2. The molecule has 0 aliphatic heterocycles. The lowest BCUT2D eigenvalue weighted by molar-refractivity contribution is 0.146. The highest BCUT2D eigenvalue weighted by Crippen LogP contribution is 2.21. The summed E-state index contributed by atoms with van der Waals surface area (Å²) in [6.07, 6.45) is -0.742. The van der Waals surface area contributed by atoms with E-state index < -0.39 is 12.1 Å². The summed E-state index contributed by atoms with van der Waals surface area (Å²) in [6, 6.07) is 6.58. The summed E-state index contributed by atoms with van der Waals surface area (Å²) in [5, 5.41) is 13.2. The fourth-order valence-corrected chi connectivity index (χ4v) is 1.43. The van der Waals surface area contributed by atoms with Crippen LogP contribution in [-0.4, -0.2) is 28.5 Å². The first-order valence-electron chi connectivity index (χ1n) is 5.53. The highest BCUT2D eigenvalue weighted by Gasteiger charge is 2.19. The number of aliphatic hydroxyl groups excluding tert-OH is 1. The lowest BCUT2D eigenvalue weighted by Crippen LogP contribution is -2.23. The summed E-state index contributed by atoms with van der Waals surface area (Å²) in [7, 11) is 1.60. The fourth-order valence-electron chi connectivity index (χ4n) is 1.43. The summed E-state index contributed by atoms with van der Waals surface area (Å²) in [6.45, 7) is 1.57. The maximum atomic E-state index is 9.35. The molecule has 2 rings (SSSR count). The Kier molecular flexibility index (Phi) is 3.59. The Morgan fingerprint density at radius 2 is 2.00 bits per heavy atom. The van der Waals surface area contributed by atoms with Crippen molar-refractivity contribution in [2.45, 2.75) is 19.1 Å². The SMILES string of the molecule is COc1ccc(-c2noc(C(N)C(C)O)n2)cc1. The first kappa shape index (κ1) is 12.5. The molecule has 1 aromatic carbocycles. The Hall–Kier alpha value is -1.92. The van der Waals surface area contributed by atoms with E-state index >= 15 is 0 Å². The summed E-state index contributed by atoms with van der Waals surface area (Å²) >= 11 is 0. The van der Waals surface area contributed by atoms with Crippen molar-refractivity contribution in [3.63, 3.8) is 0 Å². The normalized spacial score (nSPS) is 14.2. The van der Waals surface area contributed by atoms with Crippen LogP contribution in [-0.2, 0) is 0 Å². The van der Waals surface area contributed by atoms with Gasteiger partial charge in [0.05, 0.1) is 13.2 Å². The van der Waals surface area contributed by atoms with Gasteiger partial charge in [0.25, 0.3) is 0 Å². The Balaban J connectivity index is 2.23. The van der Waals surface area contributed by atoms with Crippen molar-refractivity contribution < 1.29 is 14.4 Å². The molecule has 0 bridgehead atoms. The smallest absolute Gasteiger partial charge is 0.246 e. The molecular formula is C12H15N3O3. The van der Waals surface area contributed by atoms with Gasteiger partial charge in [-0.25, -0.2) is 0 Å². The minimum Gasteiger partial charge on any atom is -0.497 e. The van der Waals surface area contributed by atoms with Gasteiger partial charge >= 0.3 is 0 Å². The van der Waals surface area contributed by atoms with E-state index in [0.717, 1.165) is 11.3 Å². The highest BCUT2D eigenvalue weighted by molar-refractivity contribution is 5.55.